The van der Waals surface area contributed by atoms with Crippen LogP contribution in [0.1, 0.15) is 141 Å². The summed E-state index contributed by atoms with van der Waals surface area (Å²) in [6.07, 6.45) is 24.5. The number of allylic oxidation sites excluding steroid dienone is 2. The maximum Gasteiger partial charge on any atom is 0.352 e. The van der Waals surface area contributed by atoms with Crippen molar-refractivity contribution in [3.63, 3.8) is 0 Å². The largest absolute Gasteiger partial charge is 0.493 e. The van der Waals surface area contributed by atoms with Gasteiger partial charge in [-0.1, -0.05) is 82.9 Å². The number of hydrogen-bond donors (Lipinski definition) is 1. The fourth-order valence-corrected chi connectivity index (χ4v) is 8.53. The first kappa shape index (κ1) is 34.5. The maximum atomic E-state index is 13.2. The van der Waals surface area contributed by atoms with E-state index in [-0.39, 0.29) is 11.9 Å². The van der Waals surface area contributed by atoms with E-state index in [4.69, 9.17) is 18.9 Å². The number of aliphatic hydroxyl groups is 1. The zero-order valence-corrected chi connectivity index (χ0v) is 28.5. The van der Waals surface area contributed by atoms with Crippen LogP contribution in [0.3, 0.4) is 0 Å². The lowest BCUT2D eigenvalue weighted by atomic mass is 9.47. The van der Waals surface area contributed by atoms with Gasteiger partial charge in [-0.2, -0.15) is 0 Å². The molecule has 3 aliphatic carbocycles. The van der Waals surface area contributed by atoms with E-state index >= 15 is 0 Å². The number of hydrogen-bond acceptors (Lipinski definition) is 7. The van der Waals surface area contributed by atoms with Gasteiger partial charge in [-0.25, -0.2) is 4.79 Å². The van der Waals surface area contributed by atoms with E-state index in [1.807, 2.05) is 12.1 Å². The van der Waals surface area contributed by atoms with Crippen LogP contribution in [0, 0.1) is 5.92 Å². The zero-order chi connectivity index (χ0) is 32.6. The lowest BCUT2D eigenvalue weighted by Crippen LogP contribution is -2.67. The Morgan fingerprint density at radius 1 is 1.02 bits per heavy atom. The molecule has 2 bridgehead atoms. The minimum atomic E-state index is -1.03. The Balaban J connectivity index is 1.03. The third kappa shape index (κ3) is 7.05. The van der Waals surface area contributed by atoms with Crippen LogP contribution < -0.4 is 9.47 Å². The number of methoxy groups -OCH3 is 1. The Kier molecular flexibility index (Phi) is 11.9. The molecule has 7 heteroatoms. The Hall–Kier alpha value is -2.80. The van der Waals surface area contributed by atoms with Gasteiger partial charge in [0.1, 0.15) is 5.76 Å². The van der Waals surface area contributed by atoms with E-state index in [9.17, 15) is 14.7 Å². The van der Waals surface area contributed by atoms with E-state index in [0.29, 0.717) is 30.1 Å². The molecule has 0 saturated heterocycles. The summed E-state index contributed by atoms with van der Waals surface area (Å²) >= 11 is 0. The number of carbonyl (C=O) groups excluding carboxylic acids is 2. The quantitative estimate of drug-likeness (QED) is 0.0924. The van der Waals surface area contributed by atoms with Crippen LogP contribution in [-0.2, 0) is 30.9 Å². The van der Waals surface area contributed by atoms with Gasteiger partial charge in [0.25, 0.3) is 0 Å². The zero-order valence-electron chi connectivity index (χ0n) is 28.5. The van der Waals surface area contributed by atoms with E-state index in [0.717, 1.165) is 63.4 Å². The molecule has 1 fully saturated rings. The molecule has 0 radical (unpaired) electrons. The van der Waals surface area contributed by atoms with Crippen LogP contribution in [0.2, 0.25) is 0 Å². The predicted octanol–water partition coefficient (Wildman–Crippen LogP) is 8.58. The smallest absolute Gasteiger partial charge is 0.352 e. The summed E-state index contributed by atoms with van der Waals surface area (Å²) < 4.78 is 23.6. The fourth-order valence-electron chi connectivity index (χ4n) is 8.53. The van der Waals surface area contributed by atoms with Gasteiger partial charge >= 0.3 is 11.9 Å². The van der Waals surface area contributed by atoms with Crippen molar-refractivity contribution in [2.24, 2.45) is 5.92 Å². The fraction of sp³-hybridized carbons (Fsp3) is 0.692. The van der Waals surface area contributed by atoms with Crippen LogP contribution in [0.4, 0.5) is 0 Å². The molecule has 1 aromatic rings. The first-order chi connectivity index (χ1) is 22.4. The van der Waals surface area contributed by atoms with Gasteiger partial charge in [-0.3, -0.25) is 4.79 Å². The molecule has 1 spiro atoms. The molecule has 1 aliphatic heterocycles. The van der Waals surface area contributed by atoms with Gasteiger partial charge in [-0.15, -0.1) is 0 Å². The Morgan fingerprint density at radius 3 is 2.43 bits per heavy atom. The van der Waals surface area contributed by atoms with Crippen LogP contribution >= 0.6 is 0 Å². The molecular weight excluding hydrogens is 580 g/mol. The van der Waals surface area contributed by atoms with Crippen molar-refractivity contribution in [2.75, 3.05) is 7.11 Å². The minimum Gasteiger partial charge on any atom is -0.493 e. The van der Waals surface area contributed by atoms with Crippen molar-refractivity contribution in [3.05, 3.63) is 47.2 Å². The second-order valence-corrected chi connectivity index (χ2v) is 14.0. The molecule has 0 amide bonds. The second-order valence-electron chi connectivity index (χ2n) is 14.0. The summed E-state index contributed by atoms with van der Waals surface area (Å²) in [5.74, 6) is 0.769. The number of rotatable bonds is 19. The molecule has 254 valence electrons. The number of carbonyl (C=O) groups is 2. The van der Waals surface area contributed by atoms with E-state index < -0.39 is 29.2 Å². The second kappa shape index (κ2) is 15.9. The standard InChI is InChI=1S/C39H56O7/c1-4-5-6-7-8-9-10-11-12-13-14-15-16-17-18-21-33(40)44-28(2)37(41)45-32-24-26-39(42)30-20-19-25-38(39)34-29(27-30)22-23-31(43-3)35(34)46-36(32)38/h11-12,22-24,28,30,36,42H,4-10,13-21,25-27H2,1-3H3/b12-11-/t28-,30-,36+,38+,39-/m0/s1. The van der Waals surface area contributed by atoms with Crippen molar-refractivity contribution < 1.29 is 33.6 Å². The van der Waals surface area contributed by atoms with E-state index in [1.165, 1.54) is 56.9 Å². The molecule has 4 aliphatic rings. The number of ether oxygens (including phenoxy) is 4. The van der Waals surface area contributed by atoms with Gasteiger partial charge in [0.15, 0.2) is 23.7 Å². The van der Waals surface area contributed by atoms with Crippen molar-refractivity contribution in [1.82, 2.24) is 0 Å². The SMILES string of the molecule is CCCCCCCC/C=C\CCCCCCCC(=O)O[C@@H](C)C(=O)OC1=CC[C@]2(O)[C@H]3CCC[C@]24c2c(ccc(OC)c2O[C@H]14)C3. The highest BCUT2D eigenvalue weighted by Crippen LogP contribution is 2.67. The average Bonchev–Trinajstić information content (AvgIpc) is 3.39. The average molecular weight is 637 g/mol. The maximum absolute atomic E-state index is 13.2. The highest BCUT2D eigenvalue weighted by Gasteiger charge is 2.71. The van der Waals surface area contributed by atoms with E-state index in [2.05, 4.69) is 25.1 Å². The van der Waals surface area contributed by atoms with E-state index in [1.54, 1.807) is 14.0 Å². The minimum absolute atomic E-state index is 0.115. The number of esters is 2. The van der Waals surface area contributed by atoms with Crippen LogP contribution in [0.15, 0.2) is 36.1 Å². The summed E-state index contributed by atoms with van der Waals surface area (Å²) in [6, 6.07) is 4.01. The number of benzene rings is 1. The van der Waals surface area contributed by atoms with Crippen molar-refractivity contribution in [2.45, 2.75) is 159 Å². The first-order valence-electron chi connectivity index (χ1n) is 18.2. The van der Waals surface area contributed by atoms with Gasteiger partial charge in [-0.05, 0) is 88.3 Å². The highest BCUT2D eigenvalue weighted by molar-refractivity contribution is 5.80. The summed E-state index contributed by atoms with van der Waals surface area (Å²) in [4.78, 5) is 25.7. The molecule has 1 aromatic carbocycles. The first-order valence-corrected chi connectivity index (χ1v) is 18.2. The Labute approximate surface area is 276 Å². The topological polar surface area (TPSA) is 91.3 Å². The molecular formula is C39H56O7. The van der Waals surface area contributed by atoms with Crippen LogP contribution in [-0.4, -0.2) is 42.0 Å². The van der Waals surface area contributed by atoms with Gasteiger partial charge in [0, 0.05) is 12.0 Å². The molecule has 5 rings (SSSR count). The number of unbranched alkanes of at least 4 members (excludes halogenated alkanes) is 11. The lowest BCUT2D eigenvalue weighted by Gasteiger charge is -2.59. The molecule has 0 aromatic heterocycles. The molecule has 46 heavy (non-hydrogen) atoms. The summed E-state index contributed by atoms with van der Waals surface area (Å²) in [6.45, 7) is 3.81. The normalized spacial score (nSPS) is 26.2. The van der Waals surface area contributed by atoms with Crippen molar-refractivity contribution in [1.29, 1.82) is 0 Å². The Morgan fingerprint density at radius 2 is 1.72 bits per heavy atom. The monoisotopic (exact) mass is 636 g/mol. The van der Waals surface area contributed by atoms with Crippen LogP contribution in [0.5, 0.6) is 11.5 Å². The summed E-state index contributed by atoms with van der Waals surface area (Å²) in [5.41, 5.74) is 0.523. The molecule has 1 saturated carbocycles. The highest BCUT2D eigenvalue weighted by atomic mass is 16.6. The Bertz CT molecular complexity index is 1270. The summed E-state index contributed by atoms with van der Waals surface area (Å²) in [7, 11) is 1.61. The van der Waals surface area contributed by atoms with Gasteiger partial charge in [0.2, 0.25) is 0 Å². The molecule has 7 nitrogen and oxygen atoms in total. The molecule has 5 atom stereocenters. The summed E-state index contributed by atoms with van der Waals surface area (Å²) in [5, 5.41) is 12.2. The van der Waals surface area contributed by atoms with Gasteiger partial charge < -0.3 is 24.1 Å². The predicted molar refractivity (Wildman–Crippen MR) is 179 cm³/mol. The third-order valence-corrected chi connectivity index (χ3v) is 11.0. The van der Waals surface area contributed by atoms with Crippen LogP contribution in [0.25, 0.3) is 0 Å². The van der Waals surface area contributed by atoms with Crippen molar-refractivity contribution >= 4 is 11.9 Å². The molecule has 1 N–H and O–H groups in total. The lowest BCUT2D eigenvalue weighted by molar-refractivity contribution is -0.171. The molecule has 0 unspecified atom stereocenters. The van der Waals surface area contributed by atoms with Crippen molar-refractivity contribution in [3.8, 4) is 11.5 Å². The van der Waals surface area contributed by atoms with Gasteiger partial charge in [0.05, 0.1) is 18.1 Å². The third-order valence-electron chi connectivity index (χ3n) is 11.0. The molecule has 1 heterocycles.